The maximum absolute atomic E-state index is 12.5. The maximum atomic E-state index is 12.5. The van der Waals surface area contributed by atoms with Gasteiger partial charge in [0.1, 0.15) is 12.3 Å². The first-order chi connectivity index (χ1) is 12.5. The van der Waals surface area contributed by atoms with Gasteiger partial charge in [-0.05, 0) is 24.3 Å². The average molecular weight is 404 g/mol. The smallest absolute Gasteiger partial charge is 0.435 e. The van der Waals surface area contributed by atoms with Crippen LogP contribution in [0, 0.1) is 0 Å². The standard InChI is InChI=1S/C14H11F3N4O5S/c15-14(16,17)11-3-4-21(19-11)6-12(22)20-27(24,25)8-1-2-10-9(5-8)18-13(23)7-26-10/h1-5H,6-7H2,(H,18,23)(H,20,22). The highest BCUT2D eigenvalue weighted by Gasteiger charge is 2.33. The van der Waals surface area contributed by atoms with Crippen LogP contribution in [0.1, 0.15) is 5.69 Å². The fourth-order valence-corrected chi connectivity index (χ4v) is 3.22. The van der Waals surface area contributed by atoms with Crippen LogP contribution in [0.15, 0.2) is 35.4 Å². The SMILES string of the molecule is O=C1COc2ccc(S(=O)(=O)NC(=O)Cn3ccc(C(F)(F)F)n3)cc2N1. The van der Waals surface area contributed by atoms with Gasteiger partial charge in [0, 0.05) is 6.20 Å². The molecule has 3 rings (SSSR count). The van der Waals surface area contributed by atoms with E-state index in [2.05, 4.69) is 10.4 Å². The molecule has 1 aromatic heterocycles. The van der Waals surface area contributed by atoms with E-state index in [1.54, 1.807) is 4.72 Å². The molecule has 0 unspecified atom stereocenters. The third-order valence-electron chi connectivity index (χ3n) is 3.38. The van der Waals surface area contributed by atoms with E-state index >= 15 is 0 Å². The molecule has 13 heteroatoms. The molecule has 0 bridgehead atoms. The van der Waals surface area contributed by atoms with E-state index in [-0.39, 0.29) is 22.9 Å². The number of alkyl halides is 3. The molecular weight excluding hydrogens is 393 g/mol. The third kappa shape index (κ3) is 4.19. The molecule has 2 aromatic rings. The molecule has 0 saturated heterocycles. The number of aromatic nitrogens is 2. The van der Waals surface area contributed by atoms with Crippen molar-refractivity contribution in [1.29, 1.82) is 0 Å². The number of benzene rings is 1. The van der Waals surface area contributed by atoms with E-state index in [0.29, 0.717) is 10.7 Å². The first-order valence-corrected chi connectivity index (χ1v) is 8.76. The van der Waals surface area contributed by atoms with Crippen molar-refractivity contribution in [3.63, 3.8) is 0 Å². The molecule has 1 aliphatic rings. The number of anilines is 1. The Hall–Kier alpha value is -3.09. The highest BCUT2D eigenvalue weighted by molar-refractivity contribution is 7.90. The molecule has 0 aliphatic carbocycles. The van der Waals surface area contributed by atoms with Gasteiger partial charge in [0.2, 0.25) is 0 Å². The summed E-state index contributed by atoms with van der Waals surface area (Å²) in [5, 5.41) is 5.58. The Morgan fingerprint density at radius 1 is 1.33 bits per heavy atom. The fourth-order valence-electron chi connectivity index (χ4n) is 2.22. The normalized spacial score (nSPS) is 14.1. The number of nitrogens with zero attached hydrogens (tertiary/aromatic N) is 2. The lowest BCUT2D eigenvalue weighted by atomic mass is 10.2. The number of hydrogen-bond acceptors (Lipinski definition) is 6. The van der Waals surface area contributed by atoms with E-state index < -0.39 is 40.3 Å². The van der Waals surface area contributed by atoms with Crippen LogP contribution >= 0.6 is 0 Å². The molecule has 2 amide bonds. The van der Waals surface area contributed by atoms with Gasteiger partial charge in [0.05, 0.1) is 10.6 Å². The number of rotatable bonds is 4. The van der Waals surface area contributed by atoms with Gasteiger partial charge < -0.3 is 10.1 Å². The maximum Gasteiger partial charge on any atom is 0.435 e. The van der Waals surface area contributed by atoms with Crippen molar-refractivity contribution in [2.45, 2.75) is 17.6 Å². The minimum absolute atomic E-state index is 0.114. The summed E-state index contributed by atoms with van der Waals surface area (Å²) in [7, 11) is -4.32. The molecule has 2 N–H and O–H groups in total. The number of hydrogen-bond donors (Lipinski definition) is 2. The lowest BCUT2D eigenvalue weighted by molar-refractivity contribution is -0.141. The van der Waals surface area contributed by atoms with Gasteiger partial charge in [-0.15, -0.1) is 0 Å². The Morgan fingerprint density at radius 2 is 2.07 bits per heavy atom. The van der Waals surface area contributed by atoms with Crippen LogP contribution < -0.4 is 14.8 Å². The quantitative estimate of drug-likeness (QED) is 0.776. The summed E-state index contributed by atoms with van der Waals surface area (Å²) in [4.78, 5) is 22.8. The Bertz CT molecular complexity index is 1020. The van der Waals surface area contributed by atoms with Crippen LogP contribution in [0.5, 0.6) is 5.75 Å². The van der Waals surface area contributed by atoms with Crippen molar-refractivity contribution in [2.75, 3.05) is 11.9 Å². The number of amides is 2. The molecule has 144 valence electrons. The Labute approximate surface area is 150 Å². The van der Waals surface area contributed by atoms with Crippen molar-refractivity contribution in [3.05, 3.63) is 36.2 Å². The fraction of sp³-hybridized carbons (Fsp3) is 0.214. The molecule has 0 atom stereocenters. The Kier molecular flexibility index (Phi) is 4.55. The lowest BCUT2D eigenvalue weighted by Gasteiger charge is -2.18. The number of fused-ring (bicyclic) bond motifs is 1. The highest BCUT2D eigenvalue weighted by atomic mass is 32.2. The van der Waals surface area contributed by atoms with Crippen molar-refractivity contribution in [3.8, 4) is 5.75 Å². The van der Waals surface area contributed by atoms with Crippen molar-refractivity contribution >= 4 is 27.5 Å². The van der Waals surface area contributed by atoms with Crippen molar-refractivity contribution < 1.29 is 35.9 Å². The summed E-state index contributed by atoms with van der Waals surface area (Å²) in [6.07, 6.45) is -3.77. The number of sulfonamides is 1. The van der Waals surface area contributed by atoms with Crippen LogP contribution in [-0.4, -0.2) is 36.6 Å². The zero-order chi connectivity index (χ0) is 19.8. The van der Waals surface area contributed by atoms with E-state index in [4.69, 9.17) is 4.74 Å². The second-order valence-corrected chi connectivity index (χ2v) is 7.10. The van der Waals surface area contributed by atoms with Gasteiger partial charge in [-0.3, -0.25) is 14.3 Å². The van der Waals surface area contributed by atoms with Gasteiger partial charge in [-0.1, -0.05) is 0 Å². The third-order valence-corrected chi connectivity index (χ3v) is 4.75. The van der Waals surface area contributed by atoms with E-state index in [1.807, 2.05) is 0 Å². The van der Waals surface area contributed by atoms with Crippen LogP contribution in [0.3, 0.4) is 0 Å². The molecule has 1 aliphatic heterocycles. The number of ether oxygens (including phenoxy) is 1. The lowest BCUT2D eigenvalue weighted by Crippen LogP contribution is -2.34. The van der Waals surface area contributed by atoms with Crippen molar-refractivity contribution in [2.24, 2.45) is 0 Å². The summed E-state index contributed by atoms with van der Waals surface area (Å²) in [5.74, 6) is -1.30. The number of nitrogens with one attached hydrogen (secondary N) is 2. The van der Waals surface area contributed by atoms with E-state index in [0.717, 1.165) is 18.3 Å². The Morgan fingerprint density at radius 3 is 2.74 bits per heavy atom. The second-order valence-electron chi connectivity index (χ2n) is 5.42. The average Bonchev–Trinajstić information content (AvgIpc) is 3.02. The Balaban J connectivity index is 1.72. The van der Waals surface area contributed by atoms with E-state index in [1.165, 1.54) is 6.07 Å². The zero-order valence-electron chi connectivity index (χ0n) is 13.3. The molecular formula is C14H11F3N4O5S. The van der Waals surface area contributed by atoms with Crippen LogP contribution in [0.25, 0.3) is 0 Å². The first kappa shape index (κ1) is 18.7. The second kappa shape index (κ2) is 6.57. The summed E-state index contributed by atoms with van der Waals surface area (Å²) < 4.78 is 69.5. The summed E-state index contributed by atoms with van der Waals surface area (Å²) in [6.45, 7) is -0.945. The van der Waals surface area contributed by atoms with Crippen molar-refractivity contribution in [1.82, 2.24) is 14.5 Å². The zero-order valence-corrected chi connectivity index (χ0v) is 14.1. The number of carbonyl (C=O) groups is 2. The largest absolute Gasteiger partial charge is 0.482 e. The van der Waals surface area contributed by atoms with Gasteiger partial charge in [-0.25, -0.2) is 13.1 Å². The van der Waals surface area contributed by atoms with Gasteiger partial charge in [-0.2, -0.15) is 18.3 Å². The van der Waals surface area contributed by atoms with Crippen LogP contribution in [0.4, 0.5) is 18.9 Å². The van der Waals surface area contributed by atoms with E-state index in [9.17, 15) is 31.2 Å². The summed E-state index contributed by atoms with van der Waals surface area (Å²) in [6, 6.07) is 4.21. The minimum atomic E-state index is -4.68. The van der Waals surface area contributed by atoms with Gasteiger partial charge in [0.15, 0.2) is 12.3 Å². The molecule has 0 fully saturated rings. The highest BCUT2D eigenvalue weighted by Crippen LogP contribution is 2.30. The van der Waals surface area contributed by atoms with Gasteiger partial charge >= 0.3 is 6.18 Å². The van der Waals surface area contributed by atoms with Gasteiger partial charge in [0.25, 0.3) is 21.8 Å². The number of carbonyl (C=O) groups excluding carboxylic acids is 2. The topological polar surface area (TPSA) is 119 Å². The molecule has 2 heterocycles. The molecule has 27 heavy (non-hydrogen) atoms. The summed E-state index contributed by atoms with van der Waals surface area (Å²) >= 11 is 0. The van der Waals surface area contributed by atoms with Crippen LogP contribution in [0.2, 0.25) is 0 Å². The summed E-state index contributed by atoms with van der Waals surface area (Å²) in [5.41, 5.74) is -1.09. The first-order valence-electron chi connectivity index (χ1n) is 7.27. The minimum Gasteiger partial charge on any atom is -0.482 e. The molecule has 0 radical (unpaired) electrons. The molecule has 1 aromatic carbocycles. The van der Waals surface area contributed by atoms with Crippen LogP contribution in [-0.2, 0) is 32.3 Å². The predicted molar refractivity (Wildman–Crippen MR) is 83.1 cm³/mol. The molecule has 0 spiro atoms. The molecule has 9 nitrogen and oxygen atoms in total. The monoisotopic (exact) mass is 404 g/mol. The molecule has 0 saturated carbocycles. The number of halogens is 3. The predicted octanol–water partition coefficient (Wildman–Crippen LogP) is 0.738.